The Bertz CT molecular complexity index is 139. The molecule has 0 aromatic heterocycles. The van der Waals surface area contributed by atoms with Gasteiger partial charge in [0.25, 0.3) is 0 Å². The lowest BCUT2D eigenvalue weighted by molar-refractivity contribution is -0.138. The Kier molecular flexibility index (Phi) is 4.08. The predicted molar refractivity (Wildman–Crippen MR) is 47.2 cm³/mol. The Balaban J connectivity index is 2.24. The summed E-state index contributed by atoms with van der Waals surface area (Å²) < 4.78 is 0. The van der Waals surface area contributed by atoms with Crippen LogP contribution in [0.25, 0.3) is 0 Å². The van der Waals surface area contributed by atoms with Crippen LogP contribution >= 0.6 is 0 Å². The molecule has 70 valence electrons. The third kappa shape index (κ3) is 3.72. The summed E-state index contributed by atoms with van der Waals surface area (Å²) in [6.45, 7) is 2.15. The standard InChI is InChI=1S/C9H17NO2/c11-9(12)8-10-6-4-2-1-3-5-7-10/h1-8H2,(H,11,12). The van der Waals surface area contributed by atoms with Gasteiger partial charge in [0.05, 0.1) is 6.54 Å². The van der Waals surface area contributed by atoms with Crippen molar-refractivity contribution < 1.29 is 9.90 Å². The summed E-state index contributed by atoms with van der Waals surface area (Å²) in [7, 11) is 0. The van der Waals surface area contributed by atoms with Crippen LogP contribution in [-0.2, 0) is 4.79 Å². The Morgan fingerprint density at radius 1 is 1.08 bits per heavy atom. The third-order valence-electron chi connectivity index (χ3n) is 2.31. The molecule has 0 bridgehead atoms. The number of carboxylic acids is 1. The number of hydrogen-bond acceptors (Lipinski definition) is 2. The molecule has 0 unspecified atom stereocenters. The lowest BCUT2D eigenvalue weighted by Gasteiger charge is -2.22. The zero-order chi connectivity index (χ0) is 8.81. The van der Waals surface area contributed by atoms with E-state index in [0.717, 1.165) is 25.9 Å². The second kappa shape index (κ2) is 5.14. The lowest BCUT2D eigenvalue weighted by Crippen LogP contribution is -2.32. The molecule has 1 saturated heterocycles. The molecule has 0 radical (unpaired) electrons. The lowest BCUT2D eigenvalue weighted by atomic mass is 10.1. The van der Waals surface area contributed by atoms with Crippen LogP contribution in [0.4, 0.5) is 0 Å². The quantitative estimate of drug-likeness (QED) is 0.681. The average Bonchev–Trinajstić information content (AvgIpc) is 1.93. The van der Waals surface area contributed by atoms with Crippen molar-refractivity contribution in [1.82, 2.24) is 4.90 Å². The van der Waals surface area contributed by atoms with Crippen LogP contribution in [0.15, 0.2) is 0 Å². The number of hydrogen-bond donors (Lipinski definition) is 1. The van der Waals surface area contributed by atoms with E-state index in [2.05, 4.69) is 0 Å². The Morgan fingerprint density at radius 3 is 2.08 bits per heavy atom. The second-order valence-corrected chi connectivity index (χ2v) is 3.44. The first-order valence-electron chi connectivity index (χ1n) is 4.73. The van der Waals surface area contributed by atoms with Gasteiger partial charge in [0.15, 0.2) is 0 Å². The van der Waals surface area contributed by atoms with Gasteiger partial charge in [-0.15, -0.1) is 0 Å². The van der Waals surface area contributed by atoms with Crippen LogP contribution in [0.5, 0.6) is 0 Å². The number of likely N-dealkylation sites (tertiary alicyclic amines) is 1. The normalized spacial score (nSPS) is 21.3. The highest BCUT2D eigenvalue weighted by Gasteiger charge is 2.10. The highest BCUT2D eigenvalue weighted by atomic mass is 16.4. The molecule has 0 atom stereocenters. The maximum absolute atomic E-state index is 10.4. The summed E-state index contributed by atoms with van der Waals surface area (Å²) in [6.07, 6.45) is 6.16. The fraction of sp³-hybridized carbons (Fsp3) is 0.889. The molecule has 1 heterocycles. The Labute approximate surface area is 73.4 Å². The van der Waals surface area contributed by atoms with E-state index in [-0.39, 0.29) is 6.54 Å². The Hall–Kier alpha value is -0.570. The van der Waals surface area contributed by atoms with Gasteiger partial charge in [-0.1, -0.05) is 19.3 Å². The summed E-state index contributed by atoms with van der Waals surface area (Å²) in [4.78, 5) is 12.5. The molecule has 1 aliphatic heterocycles. The Morgan fingerprint density at radius 2 is 1.58 bits per heavy atom. The van der Waals surface area contributed by atoms with Gasteiger partial charge in [-0.3, -0.25) is 9.69 Å². The van der Waals surface area contributed by atoms with Gasteiger partial charge in [-0.2, -0.15) is 0 Å². The fourth-order valence-corrected chi connectivity index (χ4v) is 1.66. The molecule has 0 spiro atoms. The zero-order valence-corrected chi connectivity index (χ0v) is 7.46. The number of carbonyl (C=O) groups is 1. The van der Waals surface area contributed by atoms with Crippen LogP contribution in [0.1, 0.15) is 32.1 Å². The first kappa shape index (κ1) is 9.52. The molecule has 1 rings (SSSR count). The maximum Gasteiger partial charge on any atom is 0.317 e. The van der Waals surface area contributed by atoms with E-state index in [1.165, 1.54) is 19.3 Å². The van der Waals surface area contributed by atoms with E-state index in [1.54, 1.807) is 0 Å². The van der Waals surface area contributed by atoms with Crippen LogP contribution in [-0.4, -0.2) is 35.6 Å². The van der Waals surface area contributed by atoms with Gasteiger partial charge >= 0.3 is 5.97 Å². The van der Waals surface area contributed by atoms with Gasteiger partial charge in [-0.05, 0) is 25.9 Å². The molecule has 12 heavy (non-hydrogen) atoms. The minimum absolute atomic E-state index is 0.222. The number of rotatable bonds is 2. The van der Waals surface area contributed by atoms with Crippen LogP contribution in [0.2, 0.25) is 0 Å². The fourth-order valence-electron chi connectivity index (χ4n) is 1.66. The molecule has 0 aromatic carbocycles. The monoisotopic (exact) mass is 171 g/mol. The van der Waals surface area contributed by atoms with Crippen molar-refractivity contribution in [3.8, 4) is 0 Å². The van der Waals surface area contributed by atoms with Gasteiger partial charge in [0.1, 0.15) is 0 Å². The molecular formula is C9H17NO2. The van der Waals surface area contributed by atoms with Crippen LogP contribution in [0.3, 0.4) is 0 Å². The number of nitrogens with zero attached hydrogens (tertiary/aromatic N) is 1. The molecule has 0 aliphatic carbocycles. The average molecular weight is 171 g/mol. The highest BCUT2D eigenvalue weighted by molar-refractivity contribution is 5.69. The number of aliphatic carboxylic acids is 1. The van der Waals surface area contributed by atoms with Crippen molar-refractivity contribution in [2.45, 2.75) is 32.1 Å². The molecule has 1 fully saturated rings. The van der Waals surface area contributed by atoms with E-state index in [0.29, 0.717) is 0 Å². The molecular weight excluding hydrogens is 154 g/mol. The molecule has 1 aliphatic rings. The van der Waals surface area contributed by atoms with Crippen molar-refractivity contribution in [3.63, 3.8) is 0 Å². The molecule has 0 aromatic rings. The number of carboxylic acid groups (broad SMARTS) is 1. The largest absolute Gasteiger partial charge is 0.480 e. The van der Waals surface area contributed by atoms with E-state index >= 15 is 0 Å². The van der Waals surface area contributed by atoms with E-state index in [4.69, 9.17) is 5.11 Å². The van der Waals surface area contributed by atoms with Crippen molar-refractivity contribution in [1.29, 1.82) is 0 Å². The SMILES string of the molecule is O=C(O)CN1CCCCCCC1. The minimum Gasteiger partial charge on any atom is -0.480 e. The van der Waals surface area contributed by atoms with Gasteiger partial charge in [-0.25, -0.2) is 0 Å². The maximum atomic E-state index is 10.4. The molecule has 1 N–H and O–H groups in total. The van der Waals surface area contributed by atoms with Crippen molar-refractivity contribution in [3.05, 3.63) is 0 Å². The van der Waals surface area contributed by atoms with E-state index in [9.17, 15) is 4.79 Å². The summed E-state index contributed by atoms with van der Waals surface area (Å²) in [5.41, 5.74) is 0. The predicted octanol–water partition coefficient (Wildman–Crippen LogP) is 1.34. The molecule has 0 saturated carbocycles. The molecule has 3 heteroatoms. The first-order valence-corrected chi connectivity index (χ1v) is 4.73. The second-order valence-electron chi connectivity index (χ2n) is 3.44. The smallest absolute Gasteiger partial charge is 0.317 e. The van der Waals surface area contributed by atoms with E-state index in [1.807, 2.05) is 4.90 Å². The molecule has 3 nitrogen and oxygen atoms in total. The zero-order valence-electron chi connectivity index (χ0n) is 7.46. The van der Waals surface area contributed by atoms with Gasteiger partial charge in [0.2, 0.25) is 0 Å². The van der Waals surface area contributed by atoms with Gasteiger partial charge < -0.3 is 5.11 Å². The van der Waals surface area contributed by atoms with Crippen molar-refractivity contribution in [2.24, 2.45) is 0 Å². The van der Waals surface area contributed by atoms with Crippen molar-refractivity contribution >= 4 is 5.97 Å². The molecule has 0 amide bonds. The summed E-state index contributed by atoms with van der Waals surface area (Å²) in [5, 5.41) is 8.59. The van der Waals surface area contributed by atoms with Crippen LogP contribution in [0, 0.1) is 0 Å². The van der Waals surface area contributed by atoms with Crippen molar-refractivity contribution in [2.75, 3.05) is 19.6 Å². The van der Waals surface area contributed by atoms with Gasteiger partial charge in [0, 0.05) is 0 Å². The summed E-state index contributed by atoms with van der Waals surface area (Å²) in [6, 6.07) is 0. The summed E-state index contributed by atoms with van der Waals surface area (Å²) >= 11 is 0. The first-order chi connectivity index (χ1) is 5.79. The minimum atomic E-state index is -0.699. The third-order valence-corrected chi connectivity index (χ3v) is 2.31. The highest BCUT2D eigenvalue weighted by Crippen LogP contribution is 2.09. The summed E-state index contributed by atoms with van der Waals surface area (Å²) in [5.74, 6) is -0.699. The van der Waals surface area contributed by atoms with E-state index < -0.39 is 5.97 Å². The van der Waals surface area contributed by atoms with Crippen LogP contribution < -0.4 is 0 Å². The topological polar surface area (TPSA) is 40.5 Å².